The van der Waals surface area contributed by atoms with Crippen molar-refractivity contribution in [3.05, 3.63) is 78.5 Å². The second-order valence-electron chi connectivity index (χ2n) is 8.03. The Kier molecular flexibility index (Phi) is 5.28. The average Bonchev–Trinajstić information content (AvgIpc) is 2.80. The van der Waals surface area contributed by atoms with E-state index in [0.29, 0.717) is 25.2 Å². The Balaban J connectivity index is 1.57. The monoisotopic (exact) mass is 432 g/mol. The number of pyridine rings is 2. The quantitative estimate of drug-likeness (QED) is 0.509. The number of piperidine rings is 1. The minimum absolute atomic E-state index is 0.140. The van der Waals surface area contributed by atoms with Crippen molar-refractivity contribution in [2.45, 2.75) is 18.6 Å². The highest BCUT2D eigenvalue weighted by Crippen LogP contribution is 2.32. The summed E-state index contributed by atoms with van der Waals surface area (Å²) in [4.78, 5) is 11.2. The molecule has 2 atom stereocenters. The molecular formula is C25H22F2N4O. The zero-order valence-electron chi connectivity index (χ0n) is 17.2. The molecule has 0 radical (unpaired) electrons. The molecule has 5 rings (SSSR count). The summed E-state index contributed by atoms with van der Waals surface area (Å²) in [5.74, 6) is -1.30. The molecule has 1 saturated heterocycles. The second kappa shape index (κ2) is 8.26. The number of hydrogen-bond donors (Lipinski definition) is 2. The summed E-state index contributed by atoms with van der Waals surface area (Å²) in [5, 5.41) is 10.9. The number of halogens is 2. The highest BCUT2D eigenvalue weighted by atomic mass is 19.1. The third-order valence-electron chi connectivity index (χ3n) is 5.94. The van der Waals surface area contributed by atoms with Gasteiger partial charge in [-0.05, 0) is 48.9 Å². The third-order valence-corrected chi connectivity index (χ3v) is 5.94. The topological polar surface area (TPSA) is 75.3 Å². The first kappa shape index (κ1) is 20.5. The fourth-order valence-corrected chi connectivity index (χ4v) is 4.23. The Morgan fingerprint density at radius 3 is 2.50 bits per heavy atom. The van der Waals surface area contributed by atoms with Crippen molar-refractivity contribution >= 4 is 16.6 Å². The Bertz CT molecular complexity index is 1280. The highest BCUT2D eigenvalue weighted by molar-refractivity contribution is 5.94. The number of aromatic nitrogens is 2. The van der Waals surface area contributed by atoms with Crippen LogP contribution in [0.2, 0.25) is 0 Å². The molecule has 4 aromatic rings. The molecular weight excluding hydrogens is 410 g/mol. The smallest absolute Gasteiger partial charge is 0.135 e. The standard InChI is InChI=1S/C25H22F2N4O/c26-17-3-1-4-18(27)25(17)22-6-2-5-20(30-22)15-7-8-21-16(13-15)23(9-11-29-21)31-12-10-24(32)19(28)14-31/h1-9,11,13,19,24,32H,10,12,14,28H2/t19-,24-/m1/s1. The van der Waals surface area contributed by atoms with E-state index in [4.69, 9.17) is 5.73 Å². The van der Waals surface area contributed by atoms with Gasteiger partial charge in [-0.3, -0.25) is 4.98 Å². The molecule has 0 unspecified atom stereocenters. The predicted octanol–water partition coefficient (Wildman–Crippen LogP) is 4.14. The molecule has 2 aromatic carbocycles. The fourth-order valence-electron chi connectivity index (χ4n) is 4.23. The van der Waals surface area contributed by atoms with Crippen LogP contribution in [0.4, 0.5) is 14.5 Å². The van der Waals surface area contributed by atoms with Crippen LogP contribution in [-0.2, 0) is 0 Å². The normalized spacial score (nSPS) is 18.8. The third kappa shape index (κ3) is 3.70. The van der Waals surface area contributed by atoms with Gasteiger partial charge in [0, 0.05) is 42.0 Å². The molecule has 1 fully saturated rings. The maximum atomic E-state index is 14.3. The molecule has 0 amide bonds. The molecule has 0 aliphatic carbocycles. The highest BCUT2D eigenvalue weighted by Gasteiger charge is 2.26. The summed E-state index contributed by atoms with van der Waals surface area (Å²) < 4.78 is 28.5. The maximum Gasteiger partial charge on any atom is 0.135 e. The molecule has 1 aliphatic rings. The van der Waals surface area contributed by atoms with Crippen LogP contribution in [0.3, 0.4) is 0 Å². The number of benzene rings is 2. The van der Waals surface area contributed by atoms with Crippen molar-refractivity contribution in [1.82, 2.24) is 9.97 Å². The fraction of sp³-hybridized carbons (Fsp3) is 0.200. The number of fused-ring (bicyclic) bond motifs is 1. The van der Waals surface area contributed by atoms with Crippen LogP contribution in [0, 0.1) is 11.6 Å². The number of anilines is 1. The minimum atomic E-state index is -0.650. The molecule has 0 bridgehead atoms. The van der Waals surface area contributed by atoms with Gasteiger partial charge < -0.3 is 15.7 Å². The van der Waals surface area contributed by atoms with Gasteiger partial charge in [0.1, 0.15) is 11.6 Å². The van der Waals surface area contributed by atoms with Gasteiger partial charge in [0.05, 0.1) is 28.6 Å². The predicted molar refractivity (Wildman–Crippen MR) is 121 cm³/mol. The van der Waals surface area contributed by atoms with E-state index in [9.17, 15) is 13.9 Å². The number of aliphatic hydroxyl groups excluding tert-OH is 1. The van der Waals surface area contributed by atoms with E-state index in [1.165, 1.54) is 18.2 Å². The van der Waals surface area contributed by atoms with E-state index in [1.54, 1.807) is 18.3 Å². The number of aliphatic hydroxyl groups is 1. The summed E-state index contributed by atoms with van der Waals surface area (Å²) >= 11 is 0. The summed E-state index contributed by atoms with van der Waals surface area (Å²) in [7, 11) is 0. The maximum absolute atomic E-state index is 14.3. The summed E-state index contributed by atoms with van der Waals surface area (Å²) in [6, 6.07) is 16.3. The Morgan fingerprint density at radius 2 is 1.72 bits per heavy atom. The van der Waals surface area contributed by atoms with E-state index >= 15 is 0 Å². The van der Waals surface area contributed by atoms with Crippen molar-refractivity contribution in [2.24, 2.45) is 5.73 Å². The first-order valence-electron chi connectivity index (χ1n) is 10.5. The summed E-state index contributed by atoms with van der Waals surface area (Å²) in [6.07, 6.45) is 1.86. The number of rotatable bonds is 3. The minimum Gasteiger partial charge on any atom is -0.391 e. The Labute approximate surface area is 184 Å². The number of hydrogen-bond acceptors (Lipinski definition) is 5. The van der Waals surface area contributed by atoms with Crippen LogP contribution < -0.4 is 10.6 Å². The molecule has 0 saturated carbocycles. The van der Waals surface area contributed by atoms with Crippen molar-refractivity contribution in [3.8, 4) is 22.5 Å². The van der Waals surface area contributed by atoms with Gasteiger partial charge in [-0.1, -0.05) is 18.2 Å². The summed E-state index contributed by atoms with van der Waals surface area (Å²) in [5.41, 5.74) is 9.40. The SMILES string of the molecule is N[C@@H]1CN(c2ccnc3ccc(-c4cccc(-c5c(F)cccc5F)n4)cc23)CC[C@H]1O. The number of nitrogens with two attached hydrogens (primary N) is 1. The van der Waals surface area contributed by atoms with Gasteiger partial charge in [-0.25, -0.2) is 13.8 Å². The van der Waals surface area contributed by atoms with Crippen LogP contribution in [0.15, 0.2) is 66.9 Å². The number of nitrogens with zero attached hydrogens (tertiary/aromatic N) is 3. The Hall–Kier alpha value is -3.42. The van der Waals surface area contributed by atoms with E-state index in [-0.39, 0.29) is 17.3 Å². The van der Waals surface area contributed by atoms with Crippen molar-refractivity contribution < 1.29 is 13.9 Å². The van der Waals surface area contributed by atoms with Crippen LogP contribution in [0.5, 0.6) is 0 Å². The molecule has 3 N–H and O–H groups in total. The largest absolute Gasteiger partial charge is 0.391 e. The lowest BCUT2D eigenvalue weighted by molar-refractivity contribution is 0.125. The van der Waals surface area contributed by atoms with Crippen molar-refractivity contribution in [3.63, 3.8) is 0 Å². The van der Waals surface area contributed by atoms with E-state index in [1.807, 2.05) is 30.3 Å². The van der Waals surface area contributed by atoms with Gasteiger partial charge in [-0.2, -0.15) is 0 Å². The lowest BCUT2D eigenvalue weighted by Gasteiger charge is -2.36. The lowest BCUT2D eigenvalue weighted by atomic mass is 10.0. The molecule has 5 nitrogen and oxygen atoms in total. The van der Waals surface area contributed by atoms with E-state index < -0.39 is 17.7 Å². The van der Waals surface area contributed by atoms with Gasteiger partial charge >= 0.3 is 0 Å². The van der Waals surface area contributed by atoms with Crippen LogP contribution in [0.1, 0.15) is 6.42 Å². The van der Waals surface area contributed by atoms with Gasteiger partial charge in [0.25, 0.3) is 0 Å². The average molecular weight is 432 g/mol. The first-order valence-corrected chi connectivity index (χ1v) is 10.5. The van der Waals surface area contributed by atoms with Gasteiger partial charge in [0.15, 0.2) is 0 Å². The molecule has 2 aromatic heterocycles. The molecule has 162 valence electrons. The Morgan fingerprint density at radius 1 is 0.969 bits per heavy atom. The molecule has 32 heavy (non-hydrogen) atoms. The van der Waals surface area contributed by atoms with Crippen LogP contribution in [-0.4, -0.2) is 40.3 Å². The first-order chi connectivity index (χ1) is 15.5. The molecule has 3 heterocycles. The van der Waals surface area contributed by atoms with Gasteiger partial charge in [-0.15, -0.1) is 0 Å². The van der Waals surface area contributed by atoms with Crippen molar-refractivity contribution in [1.29, 1.82) is 0 Å². The van der Waals surface area contributed by atoms with Crippen LogP contribution in [0.25, 0.3) is 33.4 Å². The summed E-state index contributed by atoms with van der Waals surface area (Å²) in [6.45, 7) is 1.24. The molecule has 7 heteroatoms. The van der Waals surface area contributed by atoms with Gasteiger partial charge in [0.2, 0.25) is 0 Å². The molecule has 0 spiro atoms. The molecule has 1 aliphatic heterocycles. The van der Waals surface area contributed by atoms with Crippen molar-refractivity contribution in [2.75, 3.05) is 18.0 Å². The van der Waals surface area contributed by atoms with E-state index in [0.717, 1.165) is 22.2 Å². The zero-order valence-corrected chi connectivity index (χ0v) is 17.2. The lowest BCUT2D eigenvalue weighted by Crippen LogP contribution is -2.51. The second-order valence-corrected chi connectivity index (χ2v) is 8.03. The van der Waals surface area contributed by atoms with E-state index in [2.05, 4.69) is 14.9 Å². The van der Waals surface area contributed by atoms with Crippen LogP contribution >= 0.6 is 0 Å². The zero-order chi connectivity index (χ0) is 22.2.